The molecule has 5 heteroatoms. The fraction of sp³-hybridized carbons (Fsp3) is 0.455. The molecular weight excluding hydrogens is 364 g/mol. The largest absolute Gasteiger partial charge is 0.420 e. The lowest BCUT2D eigenvalue weighted by molar-refractivity contribution is 0.367. The third-order valence-electron chi connectivity index (χ3n) is 4.13. The second-order valence-electron chi connectivity index (χ2n) is 7.47. The normalized spacial score (nSPS) is 11.0. The molecule has 2 rings (SSSR count). The monoisotopic (exact) mass is 404 g/mol. The van der Waals surface area contributed by atoms with E-state index in [-0.39, 0.29) is 0 Å². The van der Waals surface area contributed by atoms with Crippen LogP contribution in [0.3, 0.4) is 0 Å². The molecule has 0 saturated heterocycles. The van der Waals surface area contributed by atoms with E-state index in [0.29, 0.717) is 0 Å². The van der Waals surface area contributed by atoms with Crippen molar-refractivity contribution in [3.8, 4) is 0 Å². The quantitative estimate of drug-likeness (QED) is 0.503. The maximum atomic E-state index is 6.45. The van der Waals surface area contributed by atoms with Gasteiger partial charge in [-0.05, 0) is 49.0 Å². The molecule has 0 atom stereocenters. The highest BCUT2D eigenvalue weighted by Crippen LogP contribution is 2.17. The molecule has 2 aromatic carbocycles. The highest BCUT2D eigenvalue weighted by Gasteiger charge is 2.30. The van der Waals surface area contributed by atoms with Crippen LogP contribution in [0.2, 0.25) is 26.2 Å². The Morgan fingerprint density at radius 3 is 1.56 bits per heavy atom. The standard InChI is InChI=1S/C18H28N2OSi2.2C2H6/c1-22(2,18-11-9-17(20)10-12-18)14-21-23(3,4)13-15-5-7-16(19)8-6-15;2*1-2/h5-12H,13-14,19-20H2,1-4H3;2*1-2H3. The summed E-state index contributed by atoms with van der Waals surface area (Å²) in [4.78, 5) is 0. The lowest BCUT2D eigenvalue weighted by atomic mass is 10.2. The Bertz CT molecular complexity index is 638. The summed E-state index contributed by atoms with van der Waals surface area (Å²) in [6.07, 6.45) is 0.852. The average Bonchev–Trinajstić information content (AvgIpc) is 2.66. The molecule has 4 N–H and O–H groups in total. The Morgan fingerprint density at radius 1 is 0.704 bits per heavy atom. The Labute approximate surface area is 169 Å². The molecule has 0 bridgehead atoms. The van der Waals surface area contributed by atoms with Crippen molar-refractivity contribution in [1.29, 1.82) is 0 Å². The van der Waals surface area contributed by atoms with Crippen LogP contribution in [0.5, 0.6) is 0 Å². The van der Waals surface area contributed by atoms with E-state index in [4.69, 9.17) is 15.9 Å². The molecule has 0 saturated carbocycles. The minimum absolute atomic E-state index is 0.811. The van der Waals surface area contributed by atoms with Crippen LogP contribution in [-0.2, 0) is 10.5 Å². The molecule has 0 radical (unpaired) electrons. The number of hydrogen-bond donors (Lipinski definition) is 2. The SMILES string of the molecule is CC.CC.C[Si](C)(Cc1ccc(N)cc1)OC[Si](C)(C)c1ccc(N)cc1. The van der Waals surface area contributed by atoms with Crippen LogP contribution in [0.25, 0.3) is 0 Å². The van der Waals surface area contributed by atoms with Crippen LogP contribution in [0.15, 0.2) is 48.5 Å². The van der Waals surface area contributed by atoms with E-state index in [1.807, 2.05) is 52.0 Å². The highest BCUT2D eigenvalue weighted by atomic mass is 28.4. The van der Waals surface area contributed by atoms with Crippen LogP contribution in [-0.4, -0.2) is 22.6 Å². The molecule has 0 fully saturated rings. The van der Waals surface area contributed by atoms with E-state index in [2.05, 4.69) is 50.5 Å². The van der Waals surface area contributed by atoms with Crippen molar-refractivity contribution >= 4 is 33.0 Å². The van der Waals surface area contributed by atoms with Crippen molar-refractivity contribution in [2.24, 2.45) is 0 Å². The molecule has 0 amide bonds. The average molecular weight is 405 g/mol. The summed E-state index contributed by atoms with van der Waals surface area (Å²) in [6.45, 7) is 17.3. The van der Waals surface area contributed by atoms with Crippen LogP contribution >= 0.6 is 0 Å². The minimum Gasteiger partial charge on any atom is -0.420 e. The van der Waals surface area contributed by atoms with Crippen molar-refractivity contribution < 1.29 is 4.43 Å². The molecule has 0 aliphatic heterocycles. The lowest BCUT2D eigenvalue weighted by Crippen LogP contribution is -2.50. The topological polar surface area (TPSA) is 61.3 Å². The zero-order chi connectivity index (χ0) is 21.1. The Kier molecular flexibility index (Phi) is 11.3. The van der Waals surface area contributed by atoms with Gasteiger partial charge in [0.25, 0.3) is 0 Å². The van der Waals surface area contributed by atoms with Crippen molar-refractivity contribution in [2.45, 2.75) is 59.9 Å². The number of nitrogens with two attached hydrogens (primary N) is 2. The van der Waals surface area contributed by atoms with Crippen LogP contribution in [0.1, 0.15) is 33.3 Å². The Balaban J connectivity index is 0.00000158. The summed E-state index contributed by atoms with van der Waals surface area (Å²) in [5.41, 5.74) is 14.5. The first-order valence-electron chi connectivity index (χ1n) is 10.0. The lowest BCUT2D eigenvalue weighted by Gasteiger charge is -2.30. The first-order valence-corrected chi connectivity index (χ1v) is 16.3. The number of hydrogen-bond acceptors (Lipinski definition) is 3. The van der Waals surface area contributed by atoms with Gasteiger partial charge in [0.05, 0.1) is 0 Å². The molecule has 0 unspecified atom stereocenters. The fourth-order valence-electron chi connectivity index (χ4n) is 2.57. The molecule has 0 aliphatic carbocycles. The van der Waals surface area contributed by atoms with Gasteiger partial charge in [0.1, 0.15) is 8.07 Å². The second kappa shape index (κ2) is 12.0. The zero-order valence-electron chi connectivity index (χ0n) is 18.6. The molecule has 3 nitrogen and oxygen atoms in total. The van der Waals surface area contributed by atoms with Gasteiger partial charge in [0.2, 0.25) is 0 Å². The summed E-state index contributed by atoms with van der Waals surface area (Å²) >= 11 is 0. The van der Waals surface area contributed by atoms with Crippen molar-refractivity contribution in [2.75, 3.05) is 17.7 Å². The molecule has 0 aromatic heterocycles. The molecule has 27 heavy (non-hydrogen) atoms. The Hall–Kier alpha value is -1.57. The number of rotatable bonds is 6. The van der Waals surface area contributed by atoms with Crippen LogP contribution in [0.4, 0.5) is 11.4 Å². The first kappa shape index (κ1) is 25.4. The fourth-order valence-corrected chi connectivity index (χ4v) is 8.13. The van der Waals surface area contributed by atoms with Crippen molar-refractivity contribution in [3.63, 3.8) is 0 Å². The number of nitrogen functional groups attached to an aromatic ring is 2. The van der Waals surface area contributed by atoms with E-state index < -0.39 is 16.4 Å². The van der Waals surface area contributed by atoms with Gasteiger partial charge in [0, 0.05) is 17.6 Å². The van der Waals surface area contributed by atoms with Gasteiger partial charge < -0.3 is 15.9 Å². The van der Waals surface area contributed by atoms with Gasteiger partial charge in [-0.1, -0.05) is 70.2 Å². The summed E-state index contributed by atoms with van der Waals surface area (Å²) in [5.74, 6) is 0. The van der Waals surface area contributed by atoms with Gasteiger partial charge in [-0.15, -0.1) is 0 Å². The maximum Gasteiger partial charge on any atom is 0.190 e. The number of benzene rings is 2. The summed E-state index contributed by atoms with van der Waals surface area (Å²) < 4.78 is 6.45. The van der Waals surface area contributed by atoms with Crippen molar-refractivity contribution in [1.82, 2.24) is 0 Å². The molecule has 0 aliphatic rings. The molecule has 152 valence electrons. The second-order valence-corrected chi connectivity index (χ2v) is 16.3. The smallest absolute Gasteiger partial charge is 0.190 e. The summed E-state index contributed by atoms with van der Waals surface area (Å²) in [7, 11) is -3.35. The van der Waals surface area contributed by atoms with E-state index in [1.165, 1.54) is 10.8 Å². The molecule has 2 aromatic rings. The Morgan fingerprint density at radius 2 is 1.11 bits per heavy atom. The zero-order valence-corrected chi connectivity index (χ0v) is 20.6. The van der Waals surface area contributed by atoms with E-state index in [9.17, 15) is 0 Å². The molecule has 0 spiro atoms. The minimum atomic E-state index is -1.75. The van der Waals surface area contributed by atoms with E-state index in [0.717, 1.165) is 23.6 Å². The van der Waals surface area contributed by atoms with Gasteiger partial charge in [-0.3, -0.25) is 0 Å². The van der Waals surface area contributed by atoms with Gasteiger partial charge in [-0.2, -0.15) is 0 Å². The first-order chi connectivity index (χ1) is 12.7. The van der Waals surface area contributed by atoms with Gasteiger partial charge in [0.15, 0.2) is 8.32 Å². The summed E-state index contributed by atoms with van der Waals surface area (Å²) in [6, 6.07) is 17.4. The predicted molar refractivity (Wildman–Crippen MR) is 129 cm³/mol. The molecule has 0 heterocycles. The van der Waals surface area contributed by atoms with E-state index >= 15 is 0 Å². The van der Waals surface area contributed by atoms with Gasteiger partial charge >= 0.3 is 0 Å². The number of anilines is 2. The van der Waals surface area contributed by atoms with E-state index in [1.54, 1.807) is 0 Å². The van der Waals surface area contributed by atoms with Crippen molar-refractivity contribution in [3.05, 3.63) is 54.1 Å². The van der Waals surface area contributed by atoms with Crippen LogP contribution in [0, 0.1) is 0 Å². The summed E-state index contributed by atoms with van der Waals surface area (Å²) in [5, 5.41) is 1.39. The third kappa shape index (κ3) is 9.26. The highest BCUT2D eigenvalue weighted by molar-refractivity contribution is 6.90. The third-order valence-corrected chi connectivity index (χ3v) is 9.36. The maximum absolute atomic E-state index is 6.45. The predicted octanol–water partition coefficient (Wildman–Crippen LogP) is 5.36. The van der Waals surface area contributed by atoms with Gasteiger partial charge in [-0.25, -0.2) is 0 Å². The molecular formula is C22H40N2OSi2. The van der Waals surface area contributed by atoms with Crippen LogP contribution < -0.4 is 16.7 Å².